The van der Waals surface area contributed by atoms with Crippen molar-refractivity contribution in [2.45, 2.75) is 0 Å². The van der Waals surface area contributed by atoms with Gasteiger partial charge in [0.2, 0.25) is 0 Å². The zero-order valence-corrected chi connectivity index (χ0v) is 9.06. The lowest BCUT2D eigenvalue weighted by atomic mass is 10.4. The van der Waals surface area contributed by atoms with Crippen LogP contribution in [0.5, 0.6) is 0 Å². The number of piperazine rings is 1. The van der Waals surface area contributed by atoms with Gasteiger partial charge < -0.3 is 15.1 Å². The van der Waals surface area contributed by atoms with Crippen molar-refractivity contribution < 1.29 is 18.8 Å². The quantitative estimate of drug-likeness (QED) is 0.449. The molecule has 1 aromatic heterocycles. The van der Waals surface area contributed by atoms with Gasteiger partial charge in [0.25, 0.3) is 0 Å². The van der Waals surface area contributed by atoms with Crippen molar-refractivity contribution >= 4 is 8.25 Å². The monoisotopic (exact) mass is 236 g/mol. The third-order valence-corrected chi connectivity index (χ3v) is 1.30. The second-order valence-corrected chi connectivity index (χ2v) is 2.93. The van der Waals surface area contributed by atoms with Crippen LogP contribution < -0.4 is 10.6 Å². The van der Waals surface area contributed by atoms with E-state index in [1.807, 2.05) is 0 Å². The molecule has 1 fully saturated rings. The highest BCUT2D eigenvalue weighted by molar-refractivity contribution is 7.30. The van der Waals surface area contributed by atoms with Crippen molar-refractivity contribution in [3.05, 3.63) is 18.9 Å². The summed E-state index contributed by atoms with van der Waals surface area (Å²) in [5, 5.41) is 6.44. The van der Waals surface area contributed by atoms with Crippen LogP contribution in [-0.2, 0) is 4.57 Å². The zero-order chi connectivity index (χ0) is 11.4. The molecule has 86 valence electrons. The van der Waals surface area contributed by atoms with Crippen LogP contribution >= 0.6 is 8.25 Å². The highest BCUT2D eigenvalue weighted by Crippen LogP contribution is 1.98. The van der Waals surface area contributed by atoms with E-state index >= 15 is 0 Å². The summed E-state index contributed by atoms with van der Waals surface area (Å²) >= 11 is 0. The summed E-state index contributed by atoms with van der Waals surface area (Å²) in [7, 11) is -2.87. The number of aromatic nitrogens is 1. The predicted octanol–water partition coefficient (Wildman–Crippen LogP) is -0.518. The predicted molar refractivity (Wildman–Crippen MR) is 54.3 cm³/mol. The van der Waals surface area contributed by atoms with Crippen LogP contribution in [0.25, 0.3) is 0 Å². The summed E-state index contributed by atoms with van der Waals surface area (Å²) in [6.45, 7) is 4.56. The smallest absolute Gasteiger partial charge is 0.452 e. The summed E-state index contributed by atoms with van der Waals surface area (Å²) in [6, 6.07) is 0. The standard InChI is InChI=1S/C4H10N2.C3H3NO.HO3P/c1-2-6-4-3-5-1;1-2-5-3-4-1;1-4(2)3/h5-6H,1-4H2;1-3H;(H-,1,2,3)/p+1. The third-order valence-electron chi connectivity index (χ3n) is 1.30. The molecule has 0 amide bonds. The number of nitrogens with one attached hydrogen (secondary N) is 2. The highest BCUT2D eigenvalue weighted by Gasteiger charge is 1.93. The van der Waals surface area contributed by atoms with Crippen molar-refractivity contribution in [2.24, 2.45) is 0 Å². The van der Waals surface area contributed by atoms with Crippen LogP contribution in [0.2, 0.25) is 0 Å². The molecule has 1 aromatic rings. The molecule has 2 heterocycles. The Kier molecular flexibility index (Phi) is 10.6. The van der Waals surface area contributed by atoms with Gasteiger partial charge in [-0.2, -0.15) is 0 Å². The summed E-state index contributed by atoms with van der Waals surface area (Å²) in [4.78, 5) is 17.8. The first-order valence-corrected chi connectivity index (χ1v) is 5.48. The van der Waals surface area contributed by atoms with E-state index in [4.69, 9.17) is 14.4 Å². The maximum atomic E-state index is 8.70. The minimum Gasteiger partial charge on any atom is -0.452 e. The van der Waals surface area contributed by atoms with E-state index in [1.54, 1.807) is 6.20 Å². The number of hydrogen-bond donors (Lipinski definition) is 4. The van der Waals surface area contributed by atoms with Crippen molar-refractivity contribution in [3.63, 3.8) is 0 Å². The Morgan fingerprint density at radius 1 is 1.20 bits per heavy atom. The summed E-state index contributed by atoms with van der Waals surface area (Å²) in [5.41, 5.74) is 0. The van der Waals surface area contributed by atoms with Gasteiger partial charge in [-0.15, -0.1) is 9.79 Å². The molecule has 0 unspecified atom stereocenters. The maximum absolute atomic E-state index is 8.70. The Morgan fingerprint density at radius 2 is 1.67 bits per heavy atom. The molecule has 0 bridgehead atoms. The second kappa shape index (κ2) is 11.2. The minimum atomic E-state index is -2.87. The minimum absolute atomic E-state index is 1.14. The molecule has 1 aliphatic rings. The van der Waals surface area contributed by atoms with Gasteiger partial charge in [0.05, 0.1) is 6.20 Å². The Labute approximate surface area is 88.5 Å². The van der Waals surface area contributed by atoms with E-state index in [-0.39, 0.29) is 0 Å². The molecule has 0 aliphatic carbocycles. The van der Waals surface area contributed by atoms with Gasteiger partial charge in [0.1, 0.15) is 6.26 Å². The fraction of sp³-hybridized carbons (Fsp3) is 0.571. The molecule has 7 nitrogen and oxygen atoms in total. The van der Waals surface area contributed by atoms with Crippen molar-refractivity contribution in [2.75, 3.05) is 26.2 Å². The van der Waals surface area contributed by atoms with Crippen LogP contribution in [0, 0.1) is 0 Å². The van der Waals surface area contributed by atoms with Crippen molar-refractivity contribution in [3.8, 4) is 0 Å². The largest absolute Gasteiger partial charge is 0.692 e. The van der Waals surface area contributed by atoms with Crippen molar-refractivity contribution in [1.82, 2.24) is 15.6 Å². The Bertz CT molecular complexity index is 195. The fourth-order valence-electron chi connectivity index (χ4n) is 0.779. The molecule has 0 radical (unpaired) electrons. The third kappa shape index (κ3) is 15.9. The topological polar surface area (TPSA) is 108 Å². The van der Waals surface area contributed by atoms with E-state index in [1.165, 1.54) is 12.7 Å². The van der Waals surface area contributed by atoms with Crippen LogP contribution in [0.1, 0.15) is 0 Å². The molecule has 15 heavy (non-hydrogen) atoms. The van der Waals surface area contributed by atoms with Gasteiger partial charge in [0, 0.05) is 30.7 Å². The molecule has 1 saturated heterocycles. The lowest BCUT2D eigenvalue weighted by Crippen LogP contribution is -2.39. The van der Waals surface area contributed by atoms with Gasteiger partial charge in [-0.1, -0.05) is 0 Å². The molecule has 0 spiro atoms. The molecule has 0 atom stereocenters. The number of rotatable bonds is 0. The average molecular weight is 236 g/mol. The Morgan fingerprint density at radius 3 is 1.80 bits per heavy atom. The molecule has 0 saturated carbocycles. The SMILES string of the molecule is C1CNCCN1.O=[P+](O)O.c1cocn1. The van der Waals surface area contributed by atoms with Crippen molar-refractivity contribution in [1.29, 1.82) is 0 Å². The van der Waals surface area contributed by atoms with Crippen LogP contribution in [0.15, 0.2) is 23.3 Å². The van der Waals surface area contributed by atoms with Gasteiger partial charge in [-0.05, 0) is 0 Å². The second-order valence-electron chi connectivity index (χ2n) is 2.43. The summed E-state index contributed by atoms with van der Waals surface area (Å²) < 4.78 is 13.2. The van der Waals surface area contributed by atoms with Gasteiger partial charge >= 0.3 is 8.25 Å². The van der Waals surface area contributed by atoms with E-state index in [0.717, 1.165) is 26.2 Å². The van der Waals surface area contributed by atoms with E-state index in [9.17, 15) is 0 Å². The molecule has 0 aromatic carbocycles. The van der Waals surface area contributed by atoms with Gasteiger partial charge in [0.15, 0.2) is 6.39 Å². The zero-order valence-electron chi connectivity index (χ0n) is 8.17. The van der Waals surface area contributed by atoms with E-state index in [0.29, 0.717) is 0 Å². The summed E-state index contributed by atoms with van der Waals surface area (Å²) in [5.74, 6) is 0. The Hall–Kier alpha value is -0.850. The first kappa shape index (κ1) is 14.2. The number of hydrogen-bond acceptors (Lipinski definition) is 5. The highest BCUT2D eigenvalue weighted by atomic mass is 31.1. The molecular weight excluding hydrogens is 221 g/mol. The van der Waals surface area contributed by atoms with Crippen LogP contribution in [0.4, 0.5) is 0 Å². The van der Waals surface area contributed by atoms with E-state index in [2.05, 4.69) is 20.0 Å². The van der Waals surface area contributed by atoms with E-state index < -0.39 is 8.25 Å². The molecule has 8 heteroatoms. The molecule has 1 aliphatic heterocycles. The Balaban J connectivity index is 0.000000202. The number of nitrogens with zero attached hydrogens (tertiary/aromatic N) is 1. The van der Waals surface area contributed by atoms with Crippen LogP contribution in [-0.4, -0.2) is 40.9 Å². The first-order valence-electron chi connectivity index (χ1n) is 4.32. The van der Waals surface area contributed by atoms with Gasteiger partial charge in [-0.3, -0.25) is 0 Å². The fourth-order valence-corrected chi connectivity index (χ4v) is 0.779. The summed E-state index contributed by atoms with van der Waals surface area (Å²) in [6.07, 6.45) is 4.47. The van der Waals surface area contributed by atoms with Crippen LogP contribution in [0.3, 0.4) is 0 Å². The molecular formula is C7H15N3O4P+. The van der Waals surface area contributed by atoms with Gasteiger partial charge in [-0.25, -0.2) is 4.98 Å². The lowest BCUT2D eigenvalue weighted by molar-refractivity contribution is 0.405. The average Bonchev–Trinajstić information content (AvgIpc) is 2.77. The number of oxazole rings is 1. The lowest BCUT2D eigenvalue weighted by Gasteiger charge is -2.11. The molecule has 2 rings (SSSR count). The molecule has 4 N–H and O–H groups in total. The normalized spacial score (nSPS) is 14.0. The maximum Gasteiger partial charge on any atom is 0.692 e. The first-order chi connectivity index (χ1) is 7.23.